The Morgan fingerprint density at radius 2 is 1.76 bits per heavy atom. The highest BCUT2D eigenvalue weighted by atomic mass is 16.1. The summed E-state index contributed by atoms with van der Waals surface area (Å²) in [5.41, 5.74) is 1.99. The second kappa shape index (κ2) is 7.39. The van der Waals surface area contributed by atoms with Crippen molar-refractivity contribution in [2.24, 2.45) is 0 Å². The maximum Gasteiger partial charge on any atom is 0.270 e. The van der Waals surface area contributed by atoms with Crippen LogP contribution < -0.4 is 15.4 Å². The van der Waals surface area contributed by atoms with Crippen molar-refractivity contribution in [3.8, 4) is 17.3 Å². The summed E-state index contributed by atoms with van der Waals surface area (Å²) in [6, 6.07) is 9.75. The van der Waals surface area contributed by atoms with Crippen molar-refractivity contribution in [2.45, 2.75) is 25.7 Å². The lowest BCUT2D eigenvalue weighted by Crippen LogP contribution is -2.29. The van der Waals surface area contributed by atoms with Gasteiger partial charge in [-0.1, -0.05) is 25.0 Å². The second-order valence-corrected chi connectivity index (χ2v) is 6.57. The van der Waals surface area contributed by atoms with Crippen LogP contribution in [0.3, 0.4) is 0 Å². The molecule has 0 aliphatic carbocycles. The van der Waals surface area contributed by atoms with Crippen LogP contribution >= 0.6 is 0 Å². The Bertz CT molecular complexity index is 824. The predicted molar refractivity (Wildman–Crippen MR) is 100 cm³/mol. The summed E-state index contributed by atoms with van der Waals surface area (Å²) in [5.74, 6) is 0.567. The quantitative estimate of drug-likeness (QED) is 0.932. The van der Waals surface area contributed by atoms with E-state index in [9.17, 15) is 10.1 Å². The molecule has 1 aromatic carbocycles. The van der Waals surface area contributed by atoms with Crippen LogP contribution in [0.5, 0.6) is 0 Å². The van der Waals surface area contributed by atoms with Gasteiger partial charge in [0.15, 0.2) is 0 Å². The number of nitrogens with zero attached hydrogens (tertiary/aromatic N) is 4. The molecule has 0 bridgehead atoms. The number of H-pyrrole nitrogens is 1. The highest BCUT2D eigenvalue weighted by Gasteiger charge is 2.18. The first-order chi connectivity index (χ1) is 12.1. The molecule has 0 atom stereocenters. The summed E-state index contributed by atoms with van der Waals surface area (Å²) in [4.78, 5) is 24.0. The third kappa shape index (κ3) is 3.66. The van der Waals surface area contributed by atoms with E-state index in [-0.39, 0.29) is 11.1 Å². The third-order valence-electron chi connectivity index (χ3n) is 4.58. The minimum atomic E-state index is -0.372. The van der Waals surface area contributed by atoms with Gasteiger partial charge < -0.3 is 9.80 Å². The molecule has 2 aromatic rings. The number of aromatic nitrogens is 2. The van der Waals surface area contributed by atoms with Crippen molar-refractivity contribution in [2.75, 3.05) is 37.0 Å². The van der Waals surface area contributed by atoms with E-state index in [2.05, 4.69) is 14.9 Å². The molecule has 1 fully saturated rings. The summed E-state index contributed by atoms with van der Waals surface area (Å²) >= 11 is 0. The lowest BCUT2D eigenvalue weighted by molar-refractivity contribution is 0.726. The molecule has 0 spiro atoms. The van der Waals surface area contributed by atoms with Gasteiger partial charge in [-0.3, -0.25) is 9.78 Å². The Kier molecular flexibility index (Phi) is 5.03. The van der Waals surface area contributed by atoms with E-state index in [0.29, 0.717) is 11.6 Å². The maximum absolute atomic E-state index is 12.4. The van der Waals surface area contributed by atoms with Crippen molar-refractivity contribution in [1.82, 2.24) is 9.97 Å². The lowest BCUT2D eigenvalue weighted by Gasteiger charge is -2.21. The Hall–Kier alpha value is -2.81. The van der Waals surface area contributed by atoms with Crippen LogP contribution in [0.1, 0.15) is 31.2 Å². The van der Waals surface area contributed by atoms with E-state index >= 15 is 0 Å². The molecular formula is C19H23N5O. The average Bonchev–Trinajstić information content (AvgIpc) is 2.90. The van der Waals surface area contributed by atoms with Gasteiger partial charge in [0.25, 0.3) is 5.56 Å². The smallest absolute Gasteiger partial charge is 0.270 e. The summed E-state index contributed by atoms with van der Waals surface area (Å²) in [7, 11) is 3.94. The van der Waals surface area contributed by atoms with Crippen molar-refractivity contribution in [1.29, 1.82) is 5.26 Å². The van der Waals surface area contributed by atoms with Gasteiger partial charge in [0.2, 0.25) is 5.95 Å². The van der Waals surface area contributed by atoms with E-state index in [1.807, 2.05) is 49.3 Å². The van der Waals surface area contributed by atoms with E-state index in [1.165, 1.54) is 12.8 Å². The zero-order chi connectivity index (χ0) is 17.8. The molecule has 25 heavy (non-hydrogen) atoms. The van der Waals surface area contributed by atoms with E-state index in [1.54, 1.807) is 0 Å². The van der Waals surface area contributed by atoms with Crippen molar-refractivity contribution < 1.29 is 0 Å². The number of aromatic amines is 1. The SMILES string of the molecule is CN(C)c1ccc(-c2nc(N3CCCCCC3)[nH]c(=O)c2C#N)cc1. The summed E-state index contributed by atoms with van der Waals surface area (Å²) in [5, 5.41) is 9.42. The van der Waals surface area contributed by atoms with Crippen LogP contribution in [0.25, 0.3) is 11.3 Å². The molecule has 1 aliphatic rings. The van der Waals surface area contributed by atoms with Crippen LogP contribution in [-0.2, 0) is 0 Å². The number of anilines is 2. The fraction of sp³-hybridized carbons (Fsp3) is 0.421. The Balaban J connectivity index is 2.05. The van der Waals surface area contributed by atoms with Crippen LogP contribution in [0, 0.1) is 11.3 Å². The molecule has 0 unspecified atom stereocenters. The standard InChI is InChI=1S/C19H23N5O/c1-23(2)15-9-7-14(8-10-15)17-16(13-20)18(25)22-19(21-17)24-11-5-3-4-6-12-24/h7-10H,3-6,11-12H2,1-2H3,(H,21,22,25). The second-order valence-electron chi connectivity index (χ2n) is 6.57. The molecular weight excluding hydrogens is 314 g/mol. The van der Waals surface area contributed by atoms with Gasteiger partial charge in [-0.15, -0.1) is 0 Å². The van der Waals surface area contributed by atoms with Gasteiger partial charge in [-0.2, -0.15) is 5.26 Å². The van der Waals surface area contributed by atoms with Gasteiger partial charge in [0.05, 0.1) is 5.69 Å². The molecule has 1 aliphatic heterocycles. The van der Waals surface area contributed by atoms with Gasteiger partial charge in [-0.25, -0.2) is 4.98 Å². The number of rotatable bonds is 3. The highest BCUT2D eigenvalue weighted by molar-refractivity contribution is 5.69. The molecule has 1 N–H and O–H groups in total. The first-order valence-electron chi connectivity index (χ1n) is 8.67. The lowest BCUT2D eigenvalue weighted by atomic mass is 10.1. The third-order valence-corrected chi connectivity index (χ3v) is 4.58. The molecule has 130 valence electrons. The average molecular weight is 337 g/mol. The van der Waals surface area contributed by atoms with E-state index in [0.717, 1.165) is 37.2 Å². The van der Waals surface area contributed by atoms with E-state index in [4.69, 9.17) is 0 Å². The van der Waals surface area contributed by atoms with Gasteiger partial charge in [0.1, 0.15) is 11.6 Å². The van der Waals surface area contributed by atoms with Crippen LogP contribution in [-0.4, -0.2) is 37.2 Å². The van der Waals surface area contributed by atoms with Gasteiger partial charge >= 0.3 is 0 Å². The molecule has 1 saturated heterocycles. The number of nitriles is 1. The minimum absolute atomic E-state index is 0.0659. The van der Waals surface area contributed by atoms with Crippen molar-refractivity contribution >= 4 is 11.6 Å². The summed E-state index contributed by atoms with van der Waals surface area (Å²) in [6.45, 7) is 1.77. The molecule has 6 heteroatoms. The Labute approximate surface area is 147 Å². The molecule has 0 radical (unpaired) electrons. The number of hydrogen-bond acceptors (Lipinski definition) is 5. The largest absolute Gasteiger partial charge is 0.378 e. The number of benzene rings is 1. The molecule has 2 heterocycles. The first-order valence-corrected chi connectivity index (χ1v) is 8.67. The minimum Gasteiger partial charge on any atom is -0.378 e. The van der Waals surface area contributed by atoms with E-state index < -0.39 is 0 Å². The topological polar surface area (TPSA) is 76.0 Å². The summed E-state index contributed by atoms with van der Waals surface area (Å²) < 4.78 is 0. The highest BCUT2D eigenvalue weighted by Crippen LogP contribution is 2.24. The normalized spacial score (nSPS) is 14.7. The molecule has 0 amide bonds. The molecule has 0 saturated carbocycles. The zero-order valence-corrected chi connectivity index (χ0v) is 14.7. The Morgan fingerprint density at radius 1 is 1.12 bits per heavy atom. The fourth-order valence-corrected chi connectivity index (χ4v) is 3.12. The van der Waals surface area contributed by atoms with Gasteiger partial charge in [-0.05, 0) is 25.0 Å². The van der Waals surface area contributed by atoms with Crippen LogP contribution in [0.4, 0.5) is 11.6 Å². The predicted octanol–water partition coefficient (Wildman–Crippen LogP) is 2.75. The molecule has 6 nitrogen and oxygen atoms in total. The van der Waals surface area contributed by atoms with Crippen LogP contribution in [0.15, 0.2) is 29.1 Å². The number of hydrogen-bond donors (Lipinski definition) is 1. The fourth-order valence-electron chi connectivity index (χ4n) is 3.12. The zero-order valence-electron chi connectivity index (χ0n) is 14.7. The summed E-state index contributed by atoms with van der Waals surface area (Å²) in [6.07, 6.45) is 4.60. The Morgan fingerprint density at radius 3 is 2.32 bits per heavy atom. The number of nitrogens with one attached hydrogen (secondary N) is 1. The van der Waals surface area contributed by atoms with Crippen LogP contribution in [0.2, 0.25) is 0 Å². The monoisotopic (exact) mass is 337 g/mol. The molecule has 3 rings (SSSR count). The van der Waals surface area contributed by atoms with Gasteiger partial charge in [0, 0.05) is 38.4 Å². The molecule has 1 aromatic heterocycles. The van der Waals surface area contributed by atoms with Crippen molar-refractivity contribution in [3.05, 3.63) is 40.2 Å². The maximum atomic E-state index is 12.4. The first kappa shape index (κ1) is 17.0. The van der Waals surface area contributed by atoms with Crippen molar-refractivity contribution in [3.63, 3.8) is 0 Å².